The molecule has 0 radical (unpaired) electrons. The maximum absolute atomic E-state index is 12.6. The number of hydrogen-bond donors (Lipinski definition) is 1. The van der Waals surface area contributed by atoms with Gasteiger partial charge in [0, 0.05) is 0 Å². The third-order valence-electron chi connectivity index (χ3n) is 1.91. The summed E-state index contributed by atoms with van der Waals surface area (Å²) in [6, 6.07) is -0.152. The van der Waals surface area contributed by atoms with E-state index in [1.807, 2.05) is 0 Å². The van der Waals surface area contributed by atoms with Gasteiger partial charge in [-0.1, -0.05) is 0 Å². The Kier molecular flexibility index (Phi) is 2.38. The van der Waals surface area contributed by atoms with Gasteiger partial charge in [0.2, 0.25) is 5.95 Å². The zero-order valence-electron chi connectivity index (χ0n) is 8.21. The summed E-state index contributed by atoms with van der Waals surface area (Å²) in [5.41, 5.74) is 1.67. The van der Waals surface area contributed by atoms with Gasteiger partial charge >= 0.3 is 12.4 Å². The van der Waals surface area contributed by atoms with E-state index in [-0.39, 0.29) is 10.6 Å². The molecule has 0 saturated heterocycles. The highest BCUT2D eigenvalue weighted by Crippen LogP contribution is 2.34. The van der Waals surface area contributed by atoms with Crippen molar-refractivity contribution in [3.8, 4) is 0 Å². The minimum atomic E-state index is -5.04. The Morgan fingerprint density at radius 2 is 1.61 bits per heavy atom. The molecule has 0 aromatic carbocycles. The third-order valence-corrected chi connectivity index (χ3v) is 1.91. The monoisotopic (exact) mass is 271 g/mol. The summed E-state index contributed by atoms with van der Waals surface area (Å²) in [4.78, 5) is 6.11. The second kappa shape index (κ2) is 3.46. The first-order valence-electron chi connectivity index (χ1n) is 4.27. The predicted molar refractivity (Wildman–Crippen MR) is 45.2 cm³/mol. The molecular weight excluding hydrogens is 268 g/mol. The molecule has 0 aliphatic carbocycles. The molecule has 0 atom stereocenters. The number of fused-ring (bicyclic) bond motifs is 1. The van der Waals surface area contributed by atoms with Crippen LogP contribution in [0, 0.1) is 0 Å². The van der Waals surface area contributed by atoms with Gasteiger partial charge in [0.15, 0.2) is 11.4 Å². The van der Waals surface area contributed by atoms with Crippen molar-refractivity contribution in [1.82, 2.24) is 19.6 Å². The van der Waals surface area contributed by atoms with Crippen molar-refractivity contribution >= 4 is 11.7 Å². The lowest BCUT2D eigenvalue weighted by Crippen LogP contribution is -2.18. The molecule has 0 spiro atoms. The molecule has 0 bridgehead atoms. The van der Waals surface area contributed by atoms with Crippen LogP contribution in [0.4, 0.5) is 32.3 Å². The number of nitrogens with two attached hydrogens (primary N) is 1. The highest BCUT2D eigenvalue weighted by atomic mass is 19.4. The Labute approximate surface area is 94.2 Å². The van der Waals surface area contributed by atoms with Gasteiger partial charge in [-0.15, -0.1) is 5.10 Å². The van der Waals surface area contributed by atoms with E-state index in [0.717, 1.165) is 0 Å². The molecule has 18 heavy (non-hydrogen) atoms. The minimum Gasteiger partial charge on any atom is -0.366 e. The van der Waals surface area contributed by atoms with Gasteiger partial charge in [0.25, 0.3) is 5.78 Å². The van der Waals surface area contributed by atoms with Crippen molar-refractivity contribution in [1.29, 1.82) is 0 Å². The molecule has 0 aliphatic rings. The van der Waals surface area contributed by atoms with E-state index >= 15 is 0 Å². The summed E-state index contributed by atoms with van der Waals surface area (Å²) in [6.07, 6.45) is -10.1. The molecule has 0 unspecified atom stereocenters. The topological polar surface area (TPSA) is 69.1 Å². The Balaban J connectivity index is 2.81. The fraction of sp³-hybridized carbons (Fsp3) is 0.286. The Morgan fingerprint density at radius 3 is 2.11 bits per heavy atom. The number of rotatable bonds is 0. The van der Waals surface area contributed by atoms with Crippen molar-refractivity contribution in [3.05, 3.63) is 17.5 Å². The smallest absolute Gasteiger partial charge is 0.366 e. The van der Waals surface area contributed by atoms with Crippen LogP contribution in [0.2, 0.25) is 0 Å². The SMILES string of the molecule is Nc1nc2nc(C(F)(F)F)cc(C(F)(F)F)n2n1. The van der Waals surface area contributed by atoms with Crippen LogP contribution in [-0.2, 0) is 12.4 Å². The molecule has 0 amide bonds. The third kappa shape index (κ3) is 2.02. The van der Waals surface area contributed by atoms with Crippen LogP contribution in [0.3, 0.4) is 0 Å². The number of halogens is 6. The molecule has 2 rings (SSSR count). The van der Waals surface area contributed by atoms with Gasteiger partial charge in [0.1, 0.15) is 0 Å². The first-order chi connectivity index (χ1) is 8.09. The zero-order valence-corrected chi connectivity index (χ0v) is 8.21. The maximum Gasteiger partial charge on any atom is 0.433 e. The van der Waals surface area contributed by atoms with Gasteiger partial charge in [-0.05, 0) is 6.07 Å². The Bertz CT molecular complexity index is 597. The summed E-state index contributed by atoms with van der Waals surface area (Å²) in [5, 5.41) is 3.14. The van der Waals surface area contributed by atoms with E-state index < -0.39 is 35.5 Å². The van der Waals surface area contributed by atoms with Gasteiger partial charge in [-0.25, -0.2) is 4.98 Å². The van der Waals surface area contributed by atoms with Crippen LogP contribution in [-0.4, -0.2) is 19.6 Å². The number of alkyl halides is 6. The quantitative estimate of drug-likeness (QED) is 0.741. The number of nitrogen functional groups attached to an aromatic ring is 1. The van der Waals surface area contributed by atoms with Crippen molar-refractivity contribution < 1.29 is 26.3 Å². The molecule has 2 aromatic heterocycles. The number of aromatic nitrogens is 4. The normalized spacial score (nSPS) is 13.2. The van der Waals surface area contributed by atoms with Crippen LogP contribution in [0.1, 0.15) is 11.4 Å². The van der Waals surface area contributed by atoms with E-state index in [2.05, 4.69) is 15.1 Å². The molecule has 0 aliphatic heterocycles. The first-order valence-corrected chi connectivity index (χ1v) is 4.27. The number of anilines is 1. The highest BCUT2D eigenvalue weighted by molar-refractivity contribution is 5.38. The van der Waals surface area contributed by atoms with E-state index in [0.29, 0.717) is 0 Å². The van der Waals surface area contributed by atoms with E-state index in [9.17, 15) is 26.3 Å². The number of hydrogen-bond acceptors (Lipinski definition) is 4. The lowest BCUT2D eigenvalue weighted by molar-refractivity contribution is -0.148. The Morgan fingerprint density at radius 1 is 1.00 bits per heavy atom. The summed E-state index contributed by atoms with van der Waals surface area (Å²) < 4.78 is 74.9. The molecule has 2 aromatic rings. The van der Waals surface area contributed by atoms with Crippen molar-refractivity contribution in [2.75, 3.05) is 5.73 Å². The lowest BCUT2D eigenvalue weighted by atomic mass is 10.3. The molecule has 98 valence electrons. The second-order valence-electron chi connectivity index (χ2n) is 3.20. The van der Waals surface area contributed by atoms with Crippen LogP contribution < -0.4 is 5.73 Å². The average Bonchev–Trinajstić information content (AvgIpc) is 2.52. The predicted octanol–water partition coefficient (Wildman–Crippen LogP) is 1.74. The second-order valence-corrected chi connectivity index (χ2v) is 3.20. The molecule has 0 saturated carbocycles. The number of nitrogens with zero attached hydrogens (tertiary/aromatic N) is 4. The molecule has 5 nitrogen and oxygen atoms in total. The molecule has 11 heteroatoms. The standard InChI is InChI=1S/C7H3F6N5/c8-6(9,10)2-1-3(7(11,12)13)18-5(15-2)16-4(14)17-18/h1H,(H2,14,17). The van der Waals surface area contributed by atoms with Gasteiger partial charge in [-0.2, -0.15) is 35.8 Å². The molecule has 2 heterocycles. The van der Waals surface area contributed by atoms with Gasteiger partial charge in [-0.3, -0.25) is 0 Å². The van der Waals surface area contributed by atoms with Gasteiger partial charge in [0.05, 0.1) is 0 Å². The van der Waals surface area contributed by atoms with Gasteiger partial charge < -0.3 is 5.73 Å². The lowest BCUT2D eigenvalue weighted by Gasteiger charge is -2.11. The van der Waals surface area contributed by atoms with Crippen molar-refractivity contribution in [2.45, 2.75) is 12.4 Å². The summed E-state index contributed by atoms with van der Waals surface area (Å²) >= 11 is 0. The summed E-state index contributed by atoms with van der Waals surface area (Å²) in [5.74, 6) is -1.47. The minimum absolute atomic E-state index is 0.116. The van der Waals surface area contributed by atoms with E-state index in [4.69, 9.17) is 5.73 Å². The molecule has 0 fully saturated rings. The molecule has 2 N–H and O–H groups in total. The van der Waals surface area contributed by atoms with Crippen molar-refractivity contribution in [3.63, 3.8) is 0 Å². The van der Waals surface area contributed by atoms with Crippen molar-refractivity contribution in [2.24, 2.45) is 0 Å². The largest absolute Gasteiger partial charge is 0.433 e. The van der Waals surface area contributed by atoms with E-state index in [1.165, 1.54) is 0 Å². The van der Waals surface area contributed by atoms with Crippen LogP contribution in [0.25, 0.3) is 5.78 Å². The highest BCUT2D eigenvalue weighted by Gasteiger charge is 2.40. The zero-order chi connectivity index (χ0) is 13.7. The van der Waals surface area contributed by atoms with Crippen LogP contribution >= 0.6 is 0 Å². The van der Waals surface area contributed by atoms with Crippen LogP contribution in [0.15, 0.2) is 6.07 Å². The summed E-state index contributed by atoms with van der Waals surface area (Å²) in [7, 11) is 0. The average molecular weight is 271 g/mol. The fourth-order valence-corrected chi connectivity index (χ4v) is 1.23. The van der Waals surface area contributed by atoms with E-state index in [1.54, 1.807) is 0 Å². The fourth-order valence-electron chi connectivity index (χ4n) is 1.23. The first kappa shape index (κ1) is 12.4. The molecular formula is C7H3F6N5. The Hall–Kier alpha value is -2.07. The maximum atomic E-state index is 12.6. The van der Waals surface area contributed by atoms with Crippen LogP contribution in [0.5, 0.6) is 0 Å². The summed E-state index contributed by atoms with van der Waals surface area (Å²) in [6.45, 7) is 0.